The van der Waals surface area contributed by atoms with Crippen molar-refractivity contribution in [2.24, 2.45) is 0 Å². The molecule has 0 radical (unpaired) electrons. The molecule has 2 aromatic heterocycles. The number of hydrogen-bond acceptors (Lipinski definition) is 8. The van der Waals surface area contributed by atoms with Gasteiger partial charge >= 0.3 is 5.97 Å². The Morgan fingerprint density at radius 1 is 0.895 bits per heavy atom. The Kier molecular flexibility index (Phi) is 8.67. The lowest BCUT2D eigenvalue weighted by atomic mass is 10.1. The van der Waals surface area contributed by atoms with Crippen LogP contribution in [0.2, 0.25) is 0 Å². The number of esters is 1. The first-order valence-electron chi connectivity index (χ1n) is 11.8. The van der Waals surface area contributed by atoms with Gasteiger partial charge in [0.25, 0.3) is 11.8 Å². The molecule has 0 spiro atoms. The standard InChI is InChI=1S/C28H25N3O5S2/c1-3-36-28(35)21-17(2)23(26(34)29-19-13-8-5-9-14-19)38-27(21)31-24(22(32)18-11-6-4-7-12-18)30-25(33)20-15-10-16-37-20/h4-16,24,31H,3H2,1-2H3,(H,29,34)(H,30,33)/t24-/m1/s1. The average Bonchev–Trinajstić information content (AvgIpc) is 3.57. The highest BCUT2D eigenvalue weighted by Gasteiger charge is 2.30. The zero-order valence-electron chi connectivity index (χ0n) is 20.6. The second-order valence-corrected chi connectivity index (χ2v) is 10.0. The summed E-state index contributed by atoms with van der Waals surface area (Å²) in [6.07, 6.45) is -1.22. The number of hydrogen-bond donors (Lipinski definition) is 3. The van der Waals surface area contributed by atoms with Crippen molar-refractivity contribution < 1.29 is 23.9 Å². The molecule has 0 saturated carbocycles. The Morgan fingerprint density at radius 3 is 2.21 bits per heavy atom. The molecule has 8 nitrogen and oxygen atoms in total. The first kappa shape index (κ1) is 26.8. The van der Waals surface area contributed by atoms with Crippen LogP contribution in [-0.4, -0.2) is 36.3 Å². The van der Waals surface area contributed by atoms with Crippen molar-refractivity contribution in [3.63, 3.8) is 0 Å². The molecule has 0 bridgehead atoms. The van der Waals surface area contributed by atoms with Crippen molar-refractivity contribution in [2.75, 3.05) is 17.2 Å². The summed E-state index contributed by atoms with van der Waals surface area (Å²) in [5.41, 5.74) is 1.49. The monoisotopic (exact) mass is 547 g/mol. The maximum atomic E-state index is 13.5. The Hall–Kier alpha value is -4.28. The summed E-state index contributed by atoms with van der Waals surface area (Å²) in [5.74, 6) is -1.91. The van der Waals surface area contributed by atoms with E-state index in [2.05, 4.69) is 16.0 Å². The summed E-state index contributed by atoms with van der Waals surface area (Å²) < 4.78 is 5.25. The number of rotatable bonds is 10. The van der Waals surface area contributed by atoms with E-state index in [9.17, 15) is 19.2 Å². The molecule has 4 aromatic rings. The van der Waals surface area contributed by atoms with Crippen molar-refractivity contribution in [3.05, 3.63) is 105 Å². The fraction of sp³-hybridized carbons (Fsp3) is 0.143. The van der Waals surface area contributed by atoms with E-state index in [1.54, 1.807) is 86.0 Å². The third kappa shape index (κ3) is 6.16. The van der Waals surface area contributed by atoms with E-state index in [4.69, 9.17) is 4.74 Å². The molecule has 2 amide bonds. The number of benzene rings is 2. The van der Waals surface area contributed by atoms with Crippen LogP contribution in [0.4, 0.5) is 10.7 Å². The summed E-state index contributed by atoms with van der Waals surface area (Å²) in [4.78, 5) is 53.2. The number of nitrogens with one attached hydrogen (secondary N) is 3. The molecule has 0 aliphatic carbocycles. The first-order chi connectivity index (χ1) is 18.4. The van der Waals surface area contributed by atoms with E-state index in [1.807, 2.05) is 6.07 Å². The molecule has 4 rings (SSSR count). The van der Waals surface area contributed by atoms with Crippen LogP contribution < -0.4 is 16.0 Å². The SMILES string of the molecule is CCOC(=O)c1c(N[C@@H](NC(=O)c2cccs2)C(=O)c2ccccc2)sc(C(=O)Nc2ccccc2)c1C. The van der Waals surface area contributed by atoms with Gasteiger partial charge in [-0.15, -0.1) is 22.7 Å². The van der Waals surface area contributed by atoms with Crippen LogP contribution in [0.3, 0.4) is 0 Å². The number of anilines is 2. The van der Waals surface area contributed by atoms with Gasteiger partial charge in [0.1, 0.15) is 5.00 Å². The highest BCUT2D eigenvalue weighted by Crippen LogP contribution is 2.35. The summed E-state index contributed by atoms with van der Waals surface area (Å²) in [5, 5.41) is 10.6. The van der Waals surface area contributed by atoms with E-state index in [0.717, 1.165) is 11.3 Å². The van der Waals surface area contributed by atoms with Crippen LogP contribution in [0, 0.1) is 6.92 Å². The molecule has 0 unspecified atom stereocenters. The lowest BCUT2D eigenvalue weighted by Crippen LogP contribution is -2.46. The lowest BCUT2D eigenvalue weighted by molar-refractivity contribution is 0.0526. The first-order valence-corrected chi connectivity index (χ1v) is 13.5. The molecule has 0 fully saturated rings. The third-order valence-electron chi connectivity index (χ3n) is 5.48. The Labute approximate surface area is 227 Å². The van der Waals surface area contributed by atoms with Gasteiger partial charge in [-0.05, 0) is 43.0 Å². The largest absolute Gasteiger partial charge is 0.462 e. The predicted octanol–water partition coefficient (Wildman–Crippen LogP) is 5.60. The highest BCUT2D eigenvalue weighted by atomic mass is 32.1. The van der Waals surface area contributed by atoms with Gasteiger partial charge in [-0.25, -0.2) is 4.79 Å². The molecule has 0 aliphatic heterocycles. The summed E-state index contributed by atoms with van der Waals surface area (Å²) in [7, 11) is 0. The van der Waals surface area contributed by atoms with E-state index < -0.39 is 29.7 Å². The van der Waals surface area contributed by atoms with E-state index in [-0.39, 0.29) is 22.0 Å². The molecule has 38 heavy (non-hydrogen) atoms. The summed E-state index contributed by atoms with van der Waals surface area (Å²) >= 11 is 2.25. The fourth-order valence-corrected chi connectivity index (χ4v) is 5.41. The van der Waals surface area contributed by atoms with Crippen LogP contribution in [0.5, 0.6) is 0 Å². The van der Waals surface area contributed by atoms with Crippen LogP contribution in [0.25, 0.3) is 0 Å². The molecule has 0 saturated heterocycles. The van der Waals surface area contributed by atoms with Gasteiger partial charge in [0, 0.05) is 11.3 Å². The Bertz CT molecular complexity index is 1430. The number of carbonyl (C=O) groups excluding carboxylic acids is 4. The Morgan fingerprint density at radius 2 is 1.58 bits per heavy atom. The topological polar surface area (TPSA) is 114 Å². The lowest BCUT2D eigenvalue weighted by Gasteiger charge is -2.20. The molecule has 194 valence electrons. The number of carbonyl (C=O) groups is 4. The average molecular weight is 548 g/mol. The zero-order valence-corrected chi connectivity index (χ0v) is 22.3. The number of Topliss-reactive ketones (excluding diaryl/α,β-unsaturated/α-hetero) is 1. The predicted molar refractivity (Wildman–Crippen MR) is 149 cm³/mol. The number of amides is 2. The Balaban J connectivity index is 1.71. The molecular formula is C28H25N3O5S2. The number of thiophene rings is 2. The minimum atomic E-state index is -1.22. The number of ether oxygens (including phenoxy) is 1. The second-order valence-electron chi connectivity index (χ2n) is 8.06. The van der Waals surface area contributed by atoms with Gasteiger partial charge in [0.2, 0.25) is 5.78 Å². The van der Waals surface area contributed by atoms with Gasteiger partial charge < -0.3 is 20.7 Å². The van der Waals surface area contributed by atoms with Gasteiger partial charge in [0.15, 0.2) is 6.17 Å². The minimum Gasteiger partial charge on any atom is -0.462 e. The molecule has 0 aliphatic rings. The summed E-state index contributed by atoms with van der Waals surface area (Å²) in [6, 6.07) is 20.8. The molecular weight excluding hydrogens is 522 g/mol. The van der Waals surface area contributed by atoms with Crippen LogP contribution in [-0.2, 0) is 4.74 Å². The van der Waals surface area contributed by atoms with Crippen molar-refractivity contribution in [1.82, 2.24) is 5.32 Å². The van der Waals surface area contributed by atoms with E-state index >= 15 is 0 Å². The van der Waals surface area contributed by atoms with Gasteiger partial charge in [-0.3, -0.25) is 14.4 Å². The number of ketones is 1. The van der Waals surface area contributed by atoms with Crippen LogP contribution in [0.1, 0.15) is 52.5 Å². The quantitative estimate of drug-likeness (QED) is 0.135. The molecule has 10 heteroatoms. The van der Waals surface area contributed by atoms with Crippen molar-refractivity contribution in [1.29, 1.82) is 0 Å². The maximum absolute atomic E-state index is 13.5. The molecule has 1 atom stereocenters. The van der Waals surface area contributed by atoms with Crippen molar-refractivity contribution in [2.45, 2.75) is 20.0 Å². The van der Waals surface area contributed by atoms with Crippen molar-refractivity contribution in [3.8, 4) is 0 Å². The molecule has 3 N–H and O–H groups in total. The minimum absolute atomic E-state index is 0.126. The van der Waals surface area contributed by atoms with E-state index in [0.29, 0.717) is 21.7 Å². The third-order valence-corrected chi connectivity index (χ3v) is 7.57. The van der Waals surface area contributed by atoms with E-state index in [1.165, 1.54) is 11.3 Å². The smallest absolute Gasteiger partial charge is 0.341 e. The number of para-hydroxylation sites is 1. The maximum Gasteiger partial charge on any atom is 0.341 e. The molecule has 2 heterocycles. The molecule has 2 aromatic carbocycles. The van der Waals surface area contributed by atoms with Gasteiger partial charge in [0.05, 0.1) is 21.9 Å². The van der Waals surface area contributed by atoms with Gasteiger partial charge in [-0.1, -0.05) is 54.6 Å². The van der Waals surface area contributed by atoms with Crippen LogP contribution in [0.15, 0.2) is 78.2 Å². The highest BCUT2D eigenvalue weighted by molar-refractivity contribution is 7.18. The fourth-order valence-electron chi connectivity index (χ4n) is 3.67. The van der Waals surface area contributed by atoms with Crippen molar-refractivity contribution >= 4 is 56.9 Å². The van der Waals surface area contributed by atoms with Gasteiger partial charge in [-0.2, -0.15) is 0 Å². The zero-order chi connectivity index (χ0) is 27.1. The normalized spacial score (nSPS) is 11.3. The van der Waals surface area contributed by atoms with Crippen LogP contribution >= 0.6 is 22.7 Å². The summed E-state index contributed by atoms with van der Waals surface area (Å²) in [6.45, 7) is 3.45. The second kappa shape index (κ2) is 12.3.